The van der Waals surface area contributed by atoms with Crippen LogP contribution in [-0.2, 0) is 38.8 Å². The van der Waals surface area contributed by atoms with Crippen molar-refractivity contribution in [2.75, 3.05) is 13.2 Å². The zero-order valence-electron chi connectivity index (χ0n) is 31.2. The van der Waals surface area contributed by atoms with E-state index in [0.29, 0.717) is 29.7 Å². The summed E-state index contributed by atoms with van der Waals surface area (Å²) in [6.07, 6.45) is 2.78. The molecule has 0 saturated carbocycles. The molecular weight excluding hydrogens is 687 g/mol. The highest BCUT2D eigenvalue weighted by atomic mass is 16.7. The third kappa shape index (κ3) is 15.1. The van der Waals surface area contributed by atoms with E-state index in [-0.39, 0.29) is 31.1 Å². The Kier molecular flexibility index (Phi) is 17.1. The Morgan fingerprint density at radius 1 is 1.02 bits per heavy atom. The van der Waals surface area contributed by atoms with Crippen LogP contribution >= 0.6 is 0 Å². The lowest BCUT2D eigenvalue weighted by molar-refractivity contribution is -0.271. The standard InChI is InChI=1S/C37H53BN4O11/c1-23(9-6-10-24(2)14-15-37(3,4)5)11-7-17-42-20-26(40-41-42)22-50-18-8-16-39-33(46)27-19-25(21-51-36(38)49)12-13-28(27)52-35-31(45)29(43)30(44)32(53-35)34(47)48/h9,12-14,19-20,29-32,35,43-45H,6-8,10-11,15-18,21-22H2,1-5H3,(H,39,46)(H,47,48)/b23-9+,24-14+/t29-,30-,31+,32-,35+/m0/s1. The van der Waals surface area contributed by atoms with Crippen LogP contribution in [0.25, 0.3) is 0 Å². The van der Waals surface area contributed by atoms with Crippen LogP contribution in [0.4, 0.5) is 4.79 Å². The van der Waals surface area contributed by atoms with Gasteiger partial charge in [0.2, 0.25) is 20.0 Å². The van der Waals surface area contributed by atoms with Gasteiger partial charge in [-0.1, -0.05) is 55.3 Å². The Balaban J connectivity index is 1.44. The molecule has 15 nitrogen and oxygen atoms in total. The van der Waals surface area contributed by atoms with Crippen LogP contribution in [0.5, 0.6) is 5.75 Å². The van der Waals surface area contributed by atoms with E-state index in [1.807, 2.05) is 6.20 Å². The molecular formula is C37H53BN4O11. The van der Waals surface area contributed by atoms with Crippen LogP contribution < -0.4 is 10.1 Å². The van der Waals surface area contributed by atoms with Gasteiger partial charge in [-0.05, 0) is 75.5 Å². The lowest BCUT2D eigenvalue weighted by atomic mass is 9.91. The molecule has 1 aliphatic heterocycles. The van der Waals surface area contributed by atoms with Crippen molar-refractivity contribution in [3.63, 3.8) is 0 Å². The maximum atomic E-state index is 13.2. The van der Waals surface area contributed by atoms with E-state index in [4.69, 9.17) is 26.8 Å². The van der Waals surface area contributed by atoms with Gasteiger partial charge in [0, 0.05) is 19.7 Å². The summed E-state index contributed by atoms with van der Waals surface area (Å²) in [5, 5.41) is 50.9. The number of aromatic nitrogens is 3. The van der Waals surface area contributed by atoms with Gasteiger partial charge in [0.1, 0.15) is 36.4 Å². The summed E-state index contributed by atoms with van der Waals surface area (Å²) in [6, 6.07) is 4.12. The molecule has 1 saturated heterocycles. The first-order valence-corrected chi connectivity index (χ1v) is 17.7. The Labute approximate surface area is 311 Å². The van der Waals surface area contributed by atoms with Crippen LogP contribution in [0.15, 0.2) is 47.7 Å². The minimum atomic E-state index is -1.92. The van der Waals surface area contributed by atoms with Crippen molar-refractivity contribution in [2.24, 2.45) is 5.41 Å². The van der Waals surface area contributed by atoms with Crippen molar-refractivity contribution >= 4 is 25.6 Å². The van der Waals surface area contributed by atoms with Crippen LogP contribution in [0.3, 0.4) is 0 Å². The Morgan fingerprint density at radius 3 is 2.45 bits per heavy atom. The number of aliphatic hydroxyl groups excluding tert-OH is 3. The molecule has 0 bridgehead atoms. The van der Waals surface area contributed by atoms with E-state index in [1.54, 1.807) is 4.68 Å². The van der Waals surface area contributed by atoms with Crippen molar-refractivity contribution < 1.29 is 53.8 Å². The van der Waals surface area contributed by atoms with Crippen molar-refractivity contribution in [1.29, 1.82) is 0 Å². The maximum absolute atomic E-state index is 13.2. The SMILES string of the molecule is [B]C(=O)OCc1ccc(O[C@@H]2O[C@H](C(=O)O)[C@@H](O)[C@H](O)[C@H]2O)c(C(=O)NCCCOCc2cn(CCC/C(C)=C/CC/C(C)=C/CC(C)(C)C)nn2)c1. The normalized spacial score (nSPS) is 20.9. The second-order valence-corrected chi connectivity index (χ2v) is 14.4. The smallest absolute Gasteiger partial charge is 0.335 e. The number of ether oxygens (including phenoxy) is 4. The number of carboxylic acids is 1. The molecule has 1 amide bonds. The van der Waals surface area contributed by atoms with Gasteiger partial charge in [-0.2, -0.15) is 0 Å². The third-order valence-electron chi connectivity index (χ3n) is 8.37. The minimum absolute atomic E-state index is 0.0686. The number of aryl methyl sites for hydroxylation is 1. The van der Waals surface area contributed by atoms with Crippen LogP contribution in [-0.4, -0.2) is 105 Å². The summed E-state index contributed by atoms with van der Waals surface area (Å²) in [4.78, 5) is 35.8. The molecule has 5 N–H and O–H groups in total. The summed E-state index contributed by atoms with van der Waals surface area (Å²) in [5.74, 6) is -3.36. The first kappa shape index (κ1) is 43.3. The second kappa shape index (κ2) is 21.0. The van der Waals surface area contributed by atoms with E-state index < -0.39 is 48.5 Å². The van der Waals surface area contributed by atoms with Crippen LogP contribution in [0, 0.1) is 5.41 Å². The Bertz CT molecular complexity index is 1570. The molecule has 1 fully saturated rings. The summed E-state index contributed by atoms with van der Waals surface area (Å²) >= 11 is 0. The molecule has 5 atom stereocenters. The van der Waals surface area contributed by atoms with Gasteiger partial charge in [0.05, 0.1) is 18.4 Å². The summed E-state index contributed by atoms with van der Waals surface area (Å²) in [5.41, 5.74) is 4.10. The highest BCUT2D eigenvalue weighted by molar-refractivity contribution is 6.55. The number of carboxylic acid groups (broad SMARTS) is 1. The zero-order valence-corrected chi connectivity index (χ0v) is 31.2. The second-order valence-electron chi connectivity index (χ2n) is 14.4. The fraction of sp³-hybridized carbons (Fsp3) is 0.595. The number of hydrogen-bond donors (Lipinski definition) is 5. The molecule has 2 aromatic rings. The van der Waals surface area contributed by atoms with Crippen molar-refractivity contribution in [3.05, 3.63) is 64.5 Å². The number of aliphatic carboxylic acids is 1. The van der Waals surface area contributed by atoms with Crippen molar-refractivity contribution in [3.8, 4) is 5.75 Å². The maximum Gasteiger partial charge on any atom is 0.335 e. The largest absolute Gasteiger partial charge is 0.479 e. The highest BCUT2D eigenvalue weighted by Crippen LogP contribution is 2.28. The van der Waals surface area contributed by atoms with E-state index in [0.717, 1.165) is 38.6 Å². The molecule has 0 spiro atoms. The van der Waals surface area contributed by atoms with Crippen LogP contribution in [0.1, 0.15) is 94.8 Å². The van der Waals surface area contributed by atoms with Gasteiger partial charge >= 0.3 is 5.97 Å². The molecule has 2 radical (unpaired) electrons. The topological polar surface area (TPSA) is 212 Å². The molecule has 2 heterocycles. The summed E-state index contributed by atoms with van der Waals surface area (Å²) in [6.45, 7) is 12.3. The molecule has 1 aromatic heterocycles. The number of amides is 1. The fourth-order valence-corrected chi connectivity index (χ4v) is 5.29. The number of hydrogen-bond acceptors (Lipinski definition) is 12. The number of carbonyl (C=O) groups excluding carboxylic acids is 2. The average molecular weight is 741 g/mol. The zero-order chi connectivity index (χ0) is 39.1. The van der Waals surface area contributed by atoms with Crippen molar-refractivity contribution in [2.45, 2.75) is 124 Å². The third-order valence-corrected chi connectivity index (χ3v) is 8.37. The monoisotopic (exact) mass is 740 g/mol. The number of allylic oxidation sites excluding steroid dienone is 4. The van der Waals surface area contributed by atoms with Crippen LogP contribution in [0.2, 0.25) is 0 Å². The quantitative estimate of drug-likeness (QED) is 0.0748. The van der Waals surface area contributed by atoms with E-state index in [9.17, 15) is 34.8 Å². The van der Waals surface area contributed by atoms with E-state index in [2.05, 4.69) is 62.4 Å². The van der Waals surface area contributed by atoms with Gasteiger partial charge in [-0.3, -0.25) is 14.3 Å². The minimum Gasteiger partial charge on any atom is -0.479 e. The number of rotatable bonds is 20. The van der Waals surface area contributed by atoms with Gasteiger partial charge in [0.25, 0.3) is 5.91 Å². The molecule has 1 aliphatic rings. The first-order chi connectivity index (χ1) is 25.0. The Hall–Kier alpha value is -4.09. The fourth-order valence-electron chi connectivity index (χ4n) is 5.29. The molecule has 3 rings (SSSR count). The molecule has 53 heavy (non-hydrogen) atoms. The van der Waals surface area contributed by atoms with Gasteiger partial charge in [-0.25, -0.2) is 4.79 Å². The highest BCUT2D eigenvalue weighted by Gasteiger charge is 2.48. The molecule has 1 aromatic carbocycles. The number of nitrogens with zero attached hydrogens (tertiary/aromatic N) is 3. The lowest BCUT2D eigenvalue weighted by Crippen LogP contribution is -2.61. The van der Waals surface area contributed by atoms with Gasteiger partial charge in [-0.15, -0.1) is 5.10 Å². The number of carbonyl (C=O) groups is 3. The number of aliphatic hydroxyl groups is 3. The Morgan fingerprint density at radius 2 is 1.75 bits per heavy atom. The predicted molar refractivity (Wildman–Crippen MR) is 194 cm³/mol. The van der Waals surface area contributed by atoms with Crippen molar-refractivity contribution in [1.82, 2.24) is 20.3 Å². The number of nitrogens with one attached hydrogen (secondary N) is 1. The predicted octanol–water partition coefficient (Wildman–Crippen LogP) is 3.58. The summed E-state index contributed by atoms with van der Waals surface area (Å²) < 4.78 is 23.1. The lowest BCUT2D eigenvalue weighted by Gasteiger charge is -2.38. The van der Waals surface area contributed by atoms with Gasteiger partial charge in [0.15, 0.2) is 6.10 Å². The molecule has 0 aliphatic carbocycles. The molecule has 16 heteroatoms. The first-order valence-electron chi connectivity index (χ1n) is 17.7. The number of benzene rings is 1. The summed E-state index contributed by atoms with van der Waals surface area (Å²) in [7, 11) is 5.05. The molecule has 0 unspecified atom stereocenters. The average Bonchev–Trinajstić information content (AvgIpc) is 3.55. The van der Waals surface area contributed by atoms with E-state index >= 15 is 0 Å². The van der Waals surface area contributed by atoms with Gasteiger partial charge < -0.3 is 44.7 Å². The molecule has 290 valence electrons. The van der Waals surface area contributed by atoms with E-state index in [1.165, 1.54) is 29.3 Å².